The molecule has 2 aromatic rings. The molecule has 0 unspecified atom stereocenters. The van der Waals surface area contributed by atoms with Crippen molar-refractivity contribution in [1.29, 1.82) is 0 Å². The van der Waals surface area contributed by atoms with Crippen LogP contribution in [0.4, 0.5) is 5.82 Å². The molecule has 0 aliphatic rings. The van der Waals surface area contributed by atoms with Crippen molar-refractivity contribution in [2.24, 2.45) is 7.05 Å². The molecule has 6 heteroatoms. The molecule has 0 amide bonds. The molecule has 0 bridgehead atoms. The summed E-state index contributed by atoms with van der Waals surface area (Å²) in [5.74, 6) is 1.48. The molecule has 0 saturated heterocycles. The number of aromatic nitrogens is 4. The first kappa shape index (κ1) is 13.5. The molecule has 6 nitrogen and oxygen atoms in total. The molecule has 0 spiro atoms. The van der Waals surface area contributed by atoms with Gasteiger partial charge in [0, 0.05) is 26.8 Å². The number of hydrogen-bond acceptors (Lipinski definition) is 5. The average molecular weight is 261 g/mol. The second kappa shape index (κ2) is 6.29. The van der Waals surface area contributed by atoms with E-state index in [0.29, 0.717) is 12.4 Å². The largest absolute Gasteiger partial charge is 0.378 e. The number of aryl methyl sites for hydroxylation is 1. The Morgan fingerprint density at radius 1 is 1.37 bits per heavy atom. The van der Waals surface area contributed by atoms with Gasteiger partial charge in [-0.05, 0) is 6.42 Å². The minimum atomic E-state index is 0.466. The molecule has 0 atom stereocenters. The minimum Gasteiger partial charge on any atom is -0.378 e. The Kier molecular flexibility index (Phi) is 4.46. The van der Waals surface area contributed by atoms with Gasteiger partial charge in [-0.1, -0.05) is 6.92 Å². The van der Waals surface area contributed by atoms with Crippen molar-refractivity contribution < 1.29 is 4.74 Å². The molecule has 19 heavy (non-hydrogen) atoms. The molecule has 1 N–H and O–H groups in total. The van der Waals surface area contributed by atoms with E-state index in [1.165, 1.54) is 0 Å². The summed E-state index contributed by atoms with van der Waals surface area (Å²) < 4.78 is 7.05. The van der Waals surface area contributed by atoms with E-state index in [0.717, 1.165) is 30.2 Å². The highest BCUT2D eigenvalue weighted by molar-refractivity contribution is 5.52. The number of imidazole rings is 1. The number of rotatable bonds is 6. The summed E-state index contributed by atoms with van der Waals surface area (Å²) in [6.07, 6.45) is 4.54. The van der Waals surface area contributed by atoms with Gasteiger partial charge in [-0.3, -0.25) is 0 Å². The lowest BCUT2D eigenvalue weighted by Crippen LogP contribution is -2.07. The van der Waals surface area contributed by atoms with Crippen LogP contribution >= 0.6 is 0 Å². The number of ether oxygens (including phenoxy) is 1. The Hall–Kier alpha value is -1.95. The quantitative estimate of drug-likeness (QED) is 0.859. The van der Waals surface area contributed by atoms with Crippen molar-refractivity contribution >= 4 is 5.82 Å². The van der Waals surface area contributed by atoms with Crippen LogP contribution in [0, 0.1) is 0 Å². The lowest BCUT2D eigenvalue weighted by molar-refractivity contribution is 0.181. The lowest BCUT2D eigenvalue weighted by atomic mass is 10.3. The van der Waals surface area contributed by atoms with E-state index in [1.54, 1.807) is 19.6 Å². The molecule has 0 saturated carbocycles. The van der Waals surface area contributed by atoms with Crippen molar-refractivity contribution in [3.63, 3.8) is 0 Å². The van der Waals surface area contributed by atoms with Crippen molar-refractivity contribution in [3.05, 3.63) is 24.3 Å². The van der Waals surface area contributed by atoms with Gasteiger partial charge >= 0.3 is 0 Å². The Morgan fingerprint density at radius 2 is 2.21 bits per heavy atom. The Morgan fingerprint density at radius 3 is 2.84 bits per heavy atom. The predicted molar refractivity (Wildman–Crippen MR) is 73.7 cm³/mol. The topological polar surface area (TPSA) is 64.9 Å². The molecule has 0 aromatic carbocycles. The third-order valence-electron chi connectivity index (χ3n) is 2.67. The Labute approximate surface area is 112 Å². The molecule has 2 heterocycles. The average Bonchev–Trinajstić information content (AvgIpc) is 2.83. The van der Waals surface area contributed by atoms with Gasteiger partial charge in [0.1, 0.15) is 11.5 Å². The molecule has 102 valence electrons. The van der Waals surface area contributed by atoms with Crippen molar-refractivity contribution in [2.75, 3.05) is 19.0 Å². The number of nitrogens with one attached hydrogen (secondary N) is 1. The van der Waals surface area contributed by atoms with Gasteiger partial charge in [0.15, 0.2) is 5.82 Å². The SMILES string of the molecule is CCCNc1cc(COC)nc(-c2cncn2C)n1. The van der Waals surface area contributed by atoms with Crippen molar-refractivity contribution in [2.45, 2.75) is 20.0 Å². The molecular formula is C13H19N5O. The summed E-state index contributed by atoms with van der Waals surface area (Å²) in [6.45, 7) is 3.47. The van der Waals surface area contributed by atoms with E-state index in [4.69, 9.17) is 4.74 Å². The smallest absolute Gasteiger partial charge is 0.180 e. The van der Waals surface area contributed by atoms with Crippen molar-refractivity contribution in [1.82, 2.24) is 19.5 Å². The van der Waals surface area contributed by atoms with Crippen LogP contribution in [0.5, 0.6) is 0 Å². The number of anilines is 1. The number of methoxy groups -OCH3 is 1. The van der Waals surface area contributed by atoms with Crippen LogP contribution in [0.25, 0.3) is 11.5 Å². The maximum atomic E-state index is 5.15. The first-order valence-corrected chi connectivity index (χ1v) is 6.32. The molecular weight excluding hydrogens is 242 g/mol. The maximum Gasteiger partial charge on any atom is 0.180 e. The van der Waals surface area contributed by atoms with Gasteiger partial charge in [-0.15, -0.1) is 0 Å². The van der Waals surface area contributed by atoms with Crippen LogP contribution in [0.2, 0.25) is 0 Å². The van der Waals surface area contributed by atoms with Crippen LogP contribution in [-0.2, 0) is 18.4 Å². The Bertz CT molecular complexity index is 538. The lowest BCUT2D eigenvalue weighted by Gasteiger charge is -2.09. The molecule has 2 rings (SSSR count). The zero-order valence-corrected chi connectivity index (χ0v) is 11.6. The summed E-state index contributed by atoms with van der Waals surface area (Å²) in [6, 6.07) is 1.92. The fraction of sp³-hybridized carbons (Fsp3) is 0.462. The number of hydrogen-bond donors (Lipinski definition) is 1. The van der Waals surface area contributed by atoms with E-state index in [-0.39, 0.29) is 0 Å². The minimum absolute atomic E-state index is 0.466. The normalized spacial score (nSPS) is 10.7. The van der Waals surface area contributed by atoms with Crippen LogP contribution < -0.4 is 5.32 Å². The van der Waals surface area contributed by atoms with E-state index in [9.17, 15) is 0 Å². The van der Waals surface area contributed by atoms with Gasteiger partial charge in [0.25, 0.3) is 0 Å². The van der Waals surface area contributed by atoms with Gasteiger partial charge in [0.2, 0.25) is 0 Å². The summed E-state index contributed by atoms with van der Waals surface area (Å²) in [5.41, 5.74) is 1.74. The van der Waals surface area contributed by atoms with Crippen LogP contribution in [0.3, 0.4) is 0 Å². The van der Waals surface area contributed by atoms with Gasteiger partial charge in [-0.2, -0.15) is 0 Å². The molecule has 0 fully saturated rings. The van der Waals surface area contributed by atoms with E-state index in [1.807, 2.05) is 17.7 Å². The van der Waals surface area contributed by atoms with Crippen LogP contribution in [0.15, 0.2) is 18.6 Å². The first-order chi connectivity index (χ1) is 9.24. The van der Waals surface area contributed by atoms with Crippen LogP contribution in [0.1, 0.15) is 19.0 Å². The maximum absolute atomic E-state index is 5.15. The predicted octanol–water partition coefficient (Wildman–Crippen LogP) is 1.85. The zero-order valence-electron chi connectivity index (χ0n) is 11.6. The van der Waals surface area contributed by atoms with E-state index < -0.39 is 0 Å². The molecule has 0 aliphatic heterocycles. The van der Waals surface area contributed by atoms with Gasteiger partial charge in [-0.25, -0.2) is 15.0 Å². The van der Waals surface area contributed by atoms with Crippen molar-refractivity contribution in [3.8, 4) is 11.5 Å². The van der Waals surface area contributed by atoms with Gasteiger partial charge in [0.05, 0.1) is 24.8 Å². The summed E-state index contributed by atoms with van der Waals surface area (Å²) >= 11 is 0. The van der Waals surface area contributed by atoms with E-state index >= 15 is 0 Å². The fourth-order valence-electron chi connectivity index (χ4n) is 1.75. The molecule has 0 aliphatic carbocycles. The fourth-order valence-corrected chi connectivity index (χ4v) is 1.75. The first-order valence-electron chi connectivity index (χ1n) is 6.32. The summed E-state index contributed by atoms with van der Waals surface area (Å²) in [7, 11) is 3.58. The monoisotopic (exact) mass is 261 g/mol. The highest BCUT2D eigenvalue weighted by atomic mass is 16.5. The second-order valence-electron chi connectivity index (χ2n) is 4.32. The Balaban J connectivity index is 2.36. The van der Waals surface area contributed by atoms with Crippen LogP contribution in [-0.4, -0.2) is 33.2 Å². The standard InChI is InChI=1S/C13H19N5O/c1-4-5-15-12-6-10(8-19-3)16-13(17-12)11-7-14-9-18(11)2/h6-7,9H,4-5,8H2,1-3H3,(H,15,16,17). The molecule has 0 radical (unpaired) electrons. The van der Waals surface area contributed by atoms with Gasteiger partial charge < -0.3 is 14.6 Å². The summed E-state index contributed by atoms with van der Waals surface area (Å²) in [4.78, 5) is 13.1. The second-order valence-corrected chi connectivity index (χ2v) is 4.32. The highest BCUT2D eigenvalue weighted by Crippen LogP contribution is 2.17. The third-order valence-corrected chi connectivity index (χ3v) is 2.67. The zero-order chi connectivity index (χ0) is 13.7. The highest BCUT2D eigenvalue weighted by Gasteiger charge is 2.09. The van der Waals surface area contributed by atoms with E-state index in [2.05, 4.69) is 27.2 Å². The number of nitrogens with zero attached hydrogens (tertiary/aromatic N) is 4. The summed E-state index contributed by atoms with van der Waals surface area (Å²) in [5, 5.41) is 3.28. The molecule has 2 aromatic heterocycles. The third kappa shape index (κ3) is 3.29.